The highest BCUT2D eigenvalue weighted by Crippen LogP contribution is 2.59. The van der Waals surface area contributed by atoms with Crippen molar-refractivity contribution in [3.8, 4) is 0 Å². The Balaban J connectivity index is 1.75. The SMILES string of the molecule is CSc1ncnn1CC1(c2ccccc2)OC1c1ccccc1Cl. The van der Waals surface area contributed by atoms with Crippen LogP contribution in [0.2, 0.25) is 5.02 Å². The summed E-state index contributed by atoms with van der Waals surface area (Å²) in [7, 11) is 0. The molecule has 1 aromatic heterocycles. The summed E-state index contributed by atoms with van der Waals surface area (Å²) in [5.74, 6) is 0. The Morgan fingerprint density at radius 1 is 1.17 bits per heavy atom. The first kappa shape index (κ1) is 15.7. The van der Waals surface area contributed by atoms with Crippen LogP contribution < -0.4 is 0 Å². The lowest BCUT2D eigenvalue weighted by molar-refractivity contribution is 0.256. The summed E-state index contributed by atoms with van der Waals surface area (Å²) in [6.45, 7) is 0.600. The Bertz CT molecular complexity index is 854. The van der Waals surface area contributed by atoms with Crippen LogP contribution in [0, 0.1) is 0 Å². The molecule has 0 bridgehead atoms. The quantitative estimate of drug-likeness (QED) is 0.504. The number of hydrogen-bond donors (Lipinski definition) is 0. The molecular weight excluding hydrogens is 342 g/mol. The van der Waals surface area contributed by atoms with E-state index in [2.05, 4.69) is 22.2 Å². The third kappa shape index (κ3) is 2.62. The molecule has 2 unspecified atom stereocenters. The van der Waals surface area contributed by atoms with Gasteiger partial charge in [0, 0.05) is 10.6 Å². The molecule has 0 radical (unpaired) electrons. The van der Waals surface area contributed by atoms with E-state index >= 15 is 0 Å². The molecule has 1 saturated heterocycles. The van der Waals surface area contributed by atoms with Gasteiger partial charge in [-0.3, -0.25) is 0 Å². The van der Waals surface area contributed by atoms with Crippen molar-refractivity contribution in [2.75, 3.05) is 6.26 Å². The van der Waals surface area contributed by atoms with Gasteiger partial charge in [-0.1, -0.05) is 71.9 Å². The molecule has 1 aliphatic heterocycles. The number of epoxide rings is 1. The van der Waals surface area contributed by atoms with Crippen LogP contribution in [0.1, 0.15) is 17.2 Å². The number of aromatic nitrogens is 3. The summed E-state index contributed by atoms with van der Waals surface area (Å²) in [5, 5.41) is 5.96. The maximum absolute atomic E-state index is 6.40. The molecule has 2 heterocycles. The smallest absolute Gasteiger partial charge is 0.185 e. The van der Waals surface area contributed by atoms with Gasteiger partial charge in [-0.05, 0) is 17.9 Å². The lowest BCUT2D eigenvalue weighted by atomic mass is 9.91. The molecule has 0 saturated carbocycles. The van der Waals surface area contributed by atoms with Gasteiger partial charge in [-0.15, -0.1) is 0 Å². The molecule has 0 aliphatic carbocycles. The summed E-state index contributed by atoms with van der Waals surface area (Å²) in [6.07, 6.45) is 3.49. The maximum Gasteiger partial charge on any atom is 0.185 e. The molecule has 3 aromatic rings. The zero-order chi connectivity index (χ0) is 16.6. The standard InChI is InChI=1S/C18H16ClN3OS/c1-24-17-20-12-21-22(17)11-18(13-7-3-2-4-8-13)16(23-18)14-9-5-6-10-15(14)19/h2-10,12,16H,11H2,1H3. The Morgan fingerprint density at radius 3 is 2.67 bits per heavy atom. The second-order valence-electron chi connectivity index (χ2n) is 5.68. The largest absolute Gasteiger partial charge is 0.354 e. The summed E-state index contributed by atoms with van der Waals surface area (Å²) in [5.41, 5.74) is 1.66. The van der Waals surface area contributed by atoms with Crippen LogP contribution >= 0.6 is 23.4 Å². The topological polar surface area (TPSA) is 43.2 Å². The third-order valence-electron chi connectivity index (χ3n) is 4.29. The average Bonchev–Trinajstić information content (AvgIpc) is 3.16. The Morgan fingerprint density at radius 2 is 1.92 bits per heavy atom. The van der Waals surface area contributed by atoms with E-state index in [1.807, 2.05) is 53.4 Å². The summed E-state index contributed by atoms with van der Waals surface area (Å²) in [6, 6.07) is 18.1. The molecule has 122 valence electrons. The Kier molecular flexibility index (Phi) is 4.08. The number of halogens is 1. The molecule has 2 aromatic carbocycles. The zero-order valence-electron chi connectivity index (χ0n) is 13.1. The van der Waals surface area contributed by atoms with Crippen molar-refractivity contribution >= 4 is 23.4 Å². The van der Waals surface area contributed by atoms with E-state index < -0.39 is 5.60 Å². The fraction of sp³-hybridized carbons (Fsp3) is 0.222. The van der Waals surface area contributed by atoms with Crippen molar-refractivity contribution in [2.45, 2.75) is 23.4 Å². The highest BCUT2D eigenvalue weighted by Gasteiger charge is 2.59. The van der Waals surface area contributed by atoms with E-state index in [9.17, 15) is 0 Å². The number of benzene rings is 2. The first-order chi connectivity index (χ1) is 11.7. The zero-order valence-corrected chi connectivity index (χ0v) is 14.7. The van der Waals surface area contributed by atoms with E-state index in [0.717, 1.165) is 21.3 Å². The molecular formula is C18H16ClN3OS. The van der Waals surface area contributed by atoms with Gasteiger partial charge in [0.2, 0.25) is 0 Å². The van der Waals surface area contributed by atoms with Gasteiger partial charge in [0.25, 0.3) is 0 Å². The van der Waals surface area contributed by atoms with Crippen LogP contribution in [0.3, 0.4) is 0 Å². The first-order valence-electron chi connectivity index (χ1n) is 7.64. The molecule has 1 aliphatic rings. The van der Waals surface area contributed by atoms with E-state index in [1.165, 1.54) is 0 Å². The normalized spacial score (nSPS) is 22.5. The van der Waals surface area contributed by atoms with E-state index in [-0.39, 0.29) is 6.10 Å². The number of ether oxygens (including phenoxy) is 1. The number of thioether (sulfide) groups is 1. The van der Waals surface area contributed by atoms with Gasteiger partial charge >= 0.3 is 0 Å². The van der Waals surface area contributed by atoms with Crippen LogP contribution in [0.5, 0.6) is 0 Å². The summed E-state index contributed by atoms with van der Waals surface area (Å²) in [4.78, 5) is 4.29. The molecule has 1 fully saturated rings. The number of nitrogens with zero attached hydrogens (tertiary/aromatic N) is 3. The van der Waals surface area contributed by atoms with Crippen molar-refractivity contribution < 1.29 is 4.74 Å². The van der Waals surface area contributed by atoms with Gasteiger partial charge in [0.05, 0.1) is 6.54 Å². The van der Waals surface area contributed by atoms with Crippen molar-refractivity contribution in [3.05, 3.63) is 77.1 Å². The van der Waals surface area contributed by atoms with Gasteiger partial charge in [0.15, 0.2) is 5.16 Å². The molecule has 0 amide bonds. The predicted octanol–water partition coefficient (Wildman–Crippen LogP) is 4.32. The van der Waals surface area contributed by atoms with Gasteiger partial charge in [-0.2, -0.15) is 5.10 Å². The third-order valence-corrected chi connectivity index (χ3v) is 5.32. The molecule has 4 nitrogen and oxygen atoms in total. The van der Waals surface area contributed by atoms with Crippen LogP contribution in [0.25, 0.3) is 0 Å². The number of hydrogen-bond acceptors (Lipinski definition) is 4. The minimum absolute atomic E-state index is 0.0903. The highest BCUT2D eigenvalue weighted by atomic mass is 35.5. The van der Waals surface area contributed by atoms with E-state index in [4.69, 9.17) is 16.3 Å². The molecule has 24 heavy (non-hydrogen) atoms. The second kappa shape index (κ2) is 6.24. The fourth-order valence-electron chi connectivity index (χ4n) is 3.07. The first-order valence-corrected chi connectivity index (χ1v) is 9.24. The average molecular weight is 358 g/mol. The molecule has 6 heteroatoms. The summed E-state index contributed by atoms with van der Waals surface area (Å²) < 4.78 is 8.15. The van der Waals surface area contributed by atoms with Crippen molar-refractivity contribution in [3.63, 3.8) is 0 Å². The van der Waals surface area contributed by atoms with Crippen molar-refractivity contribution in [1.82, 2.24) is 14.8 Å². The predicted molar refractivity (Wildman–Crippen MR) is 95.2 cm³/mol. The second-order valence-corrected chi connectivity index (χ2v) is 6.86. The summed E-state index contributed by atoms with van der Waals surface area (Å²) >= 11 is 7.97. The van der Waals surface area contributed by atoms with Crippen LogP contribution in [0.4, 0.5) is 0 Å². The fourth-order valence-corrected chi connectivity index (χ4v) is 3.78. The van der Waals surface area contributed by atoms with E-state index in [1.54, 1.807) is 18.1 Å². The molecule has 0 spiro atoms. The van der Waals surface area contributed by atoms with Gasteiger partial charge in [0.1, 0.15) is 18.0 Å². The lowest BCUT2D eigenvalue weighted by Gasteiger charge is -2.15. The van der Waals surface area contributed by atoms with Gasteiger partial charge in [-0.25, -0.2) is 9.67 Å². The molecule has 4 rings (SSSR count). The molecule has 2 atom stereocenters. The maximum atomic E-state index is 6.40. The Hall–Kier alpha value is -1.82. The minimum Gasteiger partial charge on any atom is -0.354 e. The number of rotatable bonds is 5. The molecule has 0 N–H and O–H groups in total. The monoisotopic (exact) mass is 357 g/mol. The van der Waals surface area contributed by atoms with Crippen LogP contribution in [-0.4, -0.2) is 21.0 Å². The van der Waals surface area contributed by atoms with Crippen molar-refractivity contribution in [1.29, 1.82) is 0 Å². The highest BCUT2D eigenvalue weighted by molar-refractivity contribution is 7.98. The Labute approximate surface area is 149 Å². The lowest BCUT2D eigenvalue weighted by Crippen LogP contribution is -2.20. The van der Waals surface area contributed by atoms with Crippen LogP contribution in [-0.2, 0) is 16.9 Å². The van der Waals surface area contributed by atoms with Crippen molar-refractivity contribution in [2.24, 2.45) is 0 Å². The van der Waals surface area contributed by atoms with Crippen LogP contribution in [0.15, 0.2) is 66.1 Å². The van der Waals surface area contributed by atoms with E-state index in [0.29, 0.717) is 6.54 Å². The minimum atomic E-state index is -0.468. The van der Waals surface area contributed by atoms with Gasteiger partial charge < -0.3 is 4.74 Å².